The van der Waals surface area contributed by atoms with Crippen molar-refractivity contribution < 1.29 is 19.1 Å². The van der Waals surface area contributed by atoms with Crippen LogP contribution < -0.4 is 5.32 Å². The fourth-order valence-corrected chi connectivity index (χ4v) is 2.34. The molecule has 1 atom stereocenters. The molecule has 116 valence electrons. The summed E-state index contributed by atoms with van der Waals surface area (Å²) in [5.74, 6) is -0.432. The highest BCUT2D eigenvalue weighted by Gasteiger charge is 2.18. The maximum Gasteiger partial charge on any atom is 0.305 e. The van der Waals surface area contributed by atoms with Gasteiger partial charge in [-0.15, -0.1) is 0 Å². The van der Waals surface area contributed by atoms with E-state index in [2.05, 4.69) is 21.2 Å². The van der Waals surface area contributed by atoms with Gasteiger partial charge in [0.2, 0.25) is 5.91 Å². The molecular formula is C16H16BrNO4. The fourth-order valence-electron chi connectivity index (χ4n) is 2.08. The Labute approximate surface area is 136 Å². The van der Waals surface area contributed by atoms with E-state index in [0.717, 1.165) is 15.8 Å². The first-order valence-corrected chi connectivity index (χ1v) is 7.63. The maximum absolute atomic E-state index is 12.0. The van der Waals surface area contributed by atoms with Crippen molar-refractivity contribution in [3.05, 3.63) is 58.5 Å². The highest BCUT2D eigenvalue weighted by Crippen LogP contribution is 2.20. The van der Waals surface area contributed by atoms with Crippen molar-refractivity contribution in [1.82, 2.24) is 5.32 Å². The summed E-state index contributed by atoms with van der Waals surface area (Å²) in [6.45, 7) is 0. The van der Waals surface area contributed by atoms with Crippen molar-refractivity contribution in [2.24, 2.45) is 0 Å². The molecule has 1 aromatic carbocycles. The van der Waals surface area contributed by atoms with Crippen molar-refractivity contribution in [3.63, 3.8) is 0 Å². The first-order valence-electron chi connectivity index (χ1n) is 6.83. The number of furan rings is 1. The molecule has 5 nitrogen and oxygen atoms in total. The predicted molar refractivity (Wildman–Crippen MR) is 84.3 cm³/mol. The second-order valence-electron chi connectivity index (χ2n) is 4.85. The van der Waals surface area contributed by atoms with Crippen LogP contribution in [0.1, 0.15) is 30.2 Å². The van der Waals surface area contributed by atoms with Crippen molar-refractivity contribution in [2.45, 2.75) is 25.3 Å². The van der Waals surface area contributed by atoms with Gasteiger partial charge in [0.15, 0.2) is 0 Å². The van der Waals surface area contributed by atoms with Gasteiger partial charge < -0.3 is 14.8 Å². The van der Waals surface area contributed by atoms with Gasteiger partial charge in [0.25, 0.3) is 0 Å². The van der Waals surface area contributed by atoms with E-state index in [0.29, 0.717) is 6.42 Å². The Morgan fingerprint density at radius 3 is 2.55 bits per heavy atom. The molecule has 0 spiro atoms. The molecule has 2 rings (SSSR count). The largest absolute Gasteiger partial charge is 0.481 e. The molecule has 1 aromatic heterocycles. The van der Waals surface area contributed by atoms with Gasteiger partial charge in [0, 0.05) is 17.3 Å². The molecule has 0 aliphatic heterocycles. The molecule has 2 N–H and O–H groups in total. The van der Waals surface area contributed by atoms with E-state index in [4.69, 9.17) is 9.52 Å². The summed E-state index contributed by atoms with van der Waals surface area (Å²) < 4.78 is 6.07. The second kappa shape index (κ2) is 7.79. The first kappa shape index (κ1) is 16.3. The Kier molecular flexibility index (Phi) is 5.77. The molecule has 0 aliphatic carbocycles. The zero-order chi connectivity index (χ0) is 15.9. The molecule has 0 saturated carbocycles. The van der Waals surface area contributed by atoms with Crippen LogP contribution in [0.4, 0.5) is 0 Å². The van der Waals surface area contributed by atoms with Crippen molar-refractivity contribution >= 4 is 27.8 Å². The zero-order valence-corrected chi connectivity index (χ0v) is 13.4. The molecule has 0 radical (unpaired) electrons. The van der Waals surface area contributed by atoms with Crippen LogP contribution in [-0.4, -0.2) is 17.0 Å². The van der Waals surface area contributed by atoms with E-state index < -0.39 is 12.0 Å². The van der Waals surface area contributed by atoms with E-state index in [1.807, 2.05) is 12.1 Å². The maximum atomic E-state index is 12.0. The average Bonchev–Trinajstić information content (AvgIpc) is 2.98. The number of carboxylic acid groups (broad SMARTS) is 1. The molecular weight excluding hydrogens is 350 g/mol. The van der Waals surface area contributed by atoms with Gasteiger partial charge in [-0.1, -0.05) is 28.1 Å². The highest BCUT2D eigenvalue weighted by atomic mass is 79.9. The molecule has 0 fully saturated rings. The lowest BCUT2D eigenvalue weighted by atomic mass is 10.0. The fraction of sp³-hybridized carbons (Fsp3) is 0.250. The molecule has 0 aliphatic rings. The number of aryl methyl sites for hydroxylation is 1. The zero-order valence-electron chi connectivity index (χ0n) is 11.8. The molecule has 1 unspecified atom stereocenters. The lowest BCUT2D eigenvalue weighted by Crippen LogP contribution is -2.30. The van der Waals surface area contributed by atoms with Crippen molar-refractivity contribution in [3.8, 4) is 0 Å². The summed E-state index contributed by atoms with van der Waals surface area (Å²) in [5, 5.41) is 11.8. The predicted octanol–water partition coefficient (Wildman–Crippen LogP) is 3.31. The van der Waals surface area contributed by atoms with Crippen LogP contribution in [0.15, 0.2) is 51.6 Å². The molecule has 0 bridgehead atoms. The van der Waals surface area contributed by atoms with Crippen LogP contribution in [0, 0.1) is 0 Å². The molecule has 0 saturated heterocycles. The lowest BCUT2D eigenvalue weighted by molar-refractivity contribution is -0.137. The van der Waals surface area contributed by atoms with Crippen molar-refractivity contribution in [2.75, 3.05) is 0 Å². The average molecular weight is 366 g/mol. The van der Waals surface area contributed by atoms with Crippen LogP contribution in [0.25, 0.3) is 0 Å². The molecule has 22 heavy (non-hydrogen) atoms. The smallest absolute Gasteiger partial charge is 0.305 e. The van der Waals surface area contributed by atoms with E-state index >= 15 is 0 Å². The quantitative estimate of drug-likeness (QED) is 0.788. The van der Waals surface area contributed by atoms with Gasteiger partial charge in [0.1, 0.15) is 5.76 Å². The number of benzene rings is 1. The van der Waals surface area contributed by atoms with Gasteiger partial charge >= 0.3 is 5.97 Å². The topological polar surface area (TPSA) is 79.5 Å². The highest BCUT2D eigenvalue weighted by molar-refractivity contribution is 9.10. The Bertz CT molecular complexity index is 622. The minimum Gasteiger partial charge on any atom is -0.481 e. The van der Waals surface area contributed by atoms with Crippen LogP contribution in [-0.2, 0) is 16.0 Å². The monoisotopic (exact) mass is 365 g/mol. The number of hydrogen-bond donors (Lipinski definition) is 2. The summed E-state index contributed by atoms with van der Waals surface area (Å²) >= 11 is 3.33. The minimum atomic E-state index is -0.959. The molecule has 2 aromatic rings. The normalized spacial score (nSPS) is 11.9. The van der Waals surface area contributed by atoms with E-state index in [1.165, 1.54) is 0 Å². The Balaban J connectivity index is 1.98. The summed E-state index contributed by atoms with van der Waals surface area (Å²) in [6, 6.07) is 10.3. The number of aliphatic carboxylic acids is 1. The standard InChI is InChI=1S/C16H16BrNO4/c17-12-5-3-11(4-6-12)14(10-16(20)21)18-15(19)8-7-13-2-1-9-22-13/h1-6,9,14H,7-8,10H2,(H,18,19)(H,20,21). The van der Waals surface area contributed by atoms with Gasteiger partial charge in [-0.25, -0.2) is 0 Å². The number of carboxylic acids is 1. The summed E-state index contributed by atoms with van der Waals surface area (Å²) in [5.41, 5.74) is 0.761. The van der Waals surface area contributed by atoms with Gasteiger partial charge in [-0.2, -0.15) is 0 Å². The Morgan fingerprint density at radius 2 is 1.95 bits per heavy atom. The summed E-state index contributed by atoms with van der Waals surface area (Å²) in [7, 11) is 0. The van der Waals surface area contributed by atoms with Gasteiger partial charge in [0.05, 0.1) is 18.7 Å². The summed E-state index contributed by atoms with van der Waals surface area (Å²) in [4.78, 5) is 23.0. The van der Waals surface area contributed by atoms with Crippen LogP contribution in [0.5, 0.6) is 0 Å². The second-order valence-corrected chi connectivity index (χ2v) is 5.76. The summed E-state index contributed by atoms with van der Waals surface area (Å²) in [6.07, 6.45) is 2.13. The van der Waals surface area contributed by atoms with Gasteiger partial charge in [-0.05, 0) is 29.8 Å². The number of nitrogens with one attached hydrogen (secondary N) is 1. The Hall–Kier alpha value is -2.08. The van der Waals surface area contributed by atoms with Crippen LogP contribution in [0.2, 0.25) is 0 Å². The first-order chi connectivity index (χ1) is 10.5. The van der Waals surface area contributed by atoms with Crippen LogP contribution >= 0.6 is 15.9 Å². The molecule has 1 amide bonds. The van der Waals surface area contributed by atoms with Crippen molar-refractivity contribution in [1.29, 1.82) is 0 Å². The van der Waals surface area contributed by atoms with E-state index in [-0.39, 0.29) is 18.7 Å². The van der Waals surface area contributed by atoms with E-state index in [1.54, 1.807) is 30.5 Å². The van der Waals surface area contributed by atoms with Crippen LogP contribution in [0.3, 0.4) is 0 Å². The Morgan fingerprint density at radius 1 is 1.23 bits per heavy atom. The number of carbonyl (C=O) groups excluding carboxylic acids is 1. The van der Waals surface area contributed by atoms with E-state index in [9.17, 15) is 9.59 Å². The third-order valence-corrected chi connectivity index (χ3v) is 3.69. The lowest BCUT2D eigenvalue weighted by Gasteiger charge is -2.17. The number of halogens is 1. The number of carbonyl (C=O) groups is 2. The third kappa shape index (κ3) is 5.04. The van der Waals surface area contributed by atoms with Gasteiger partial charge in [-0.3, -0.25) is 9.59 Å². The number of rotatable bonds is 7. The molecule has 6 heteroatoms. The minimum absolute atomic E-state index is 0.159. The SMILES string of the molecule is O=C(O)CC(NC(=O)CCc1ccco1)c1ccc(Br)cc1. The number of amides is 1. The number of hydrogen-bond acceptors (Lipinski definition) is 3. The molecule has 1 heterocycles. The third-order valence-electron chi connectivity index (χ3n) is 3.16.